The van der Waals surface area contributed by atoms with E-state index < -0.39 is 23.4 Å². The van der Waals surface area contributed by atoms with E-state index >= 15 is 0 Å². The molecular formula is C20H23FN2O4. The minimum Gasteiger partial charge on any atom is -0.493 e. The van der Waals surface area contributed by atoms with Gasteiger partial charge in [-0.1, -0.05) is 13.8 Å². The Kier molecular flexibility index (Phi) is 4.95. The van der Waals surface area contributed by atoms with Gasteiger partial charge in [0.1, 0.15) is 11.6 Å². The van der Waals surface area contributed by atoms with Gasteiger partial charge >= 0.3 is 6.09 Å². The monoisotopic (exact) mass is 374 g/mol. The summed E-state index contributed by atoms with van der Waals surface area (Å²) in [7, 11) is 0. The Hall–Kier alpha value is -2.83. The highest BCUT2D eigenvalue weighted by Crippen LogP contribution is 2.44. The predicted octanol–water partition coefficient (Wildman–Crippen LogP) is 4.40. The maximum Gasteiger partial charge on any atom is 0.405 e. The zero-order valence-electron chi connectivity index (χ0n) is 15.7. The Morgan fingerprint density at radius 1 is 1.41 bits per heavy atom. The molecule has 0 aliphatic carbocycles. The summed E-state index contributed by atoms with van der Waals surface area (Å²) in [5, 5.41) is 11.6. The number of aromatic nitrogens is 1. The normalized spacial score (nSPS) is 17.8. The van der Waals surface area contributed by atoms with Crippen LogP contribution in [0, 0.1) is 11.2 Å². The lowest BCUT2D eigenvalue weighted by atomic mass is 9.78. The Bertz CT molecular complexity index is 850. The van der Waals surface area contributed by atoms with Crippen molar-refractivity contribution in [2.75, 3.05) is 6.61 Å². The van der Waals surface area contributed by atoms with Crippen LogP contribution in [0.1, 0.15) is 39.3 Å². The second kappa shape index (κ2) is 7.06. The van der Waals surface area contributed by atoms with Gasteiger partial charge in [-0.25, -0.2) is 14.2 Å². The number of hydrogen-bond donors (Lipinski definition) is 2. The van der Waals surface area contributed by atoms with E-state index in [9.17, 15) is 9.18 Å². The molecule has 2 N–H and O–H groups in total. The number of benzene rings is 1. The van der Waals surface area contributed by atoms with Gasteiger partial charge in [-0.3, -0.25) is 0 Å². The number of carboxylic acid groups (broad SMARTS) is 1. The van der Waals surface area contributed by atoms with Crippen molar-refractivity contribution in [3.63, 3.8) is 0 Å². The fourth-order valence-corrected chi connectivity index (χ4v) is 3.16. The first-order valence-electron chi connectivity index (χ1n) is 8.76. The summed E-state index contributed by atoms with van der Waals surface area (Å²) in [6.45, 7) is 7.87. The van der Waals surface area contributed by atoms with Gasteiger partial charge in [0.25, 0.3) is 0 Å². The number of fused-ring (bicyclic) bond motifs is 1. The van der Waals surface area contributed by atoms with Crippen LogP contribution >= 0.6 is 0 Å². The van der Waals surface area contributed by atoms with Crippen LogP contribution in [-0.2, 0) is 0 Å². The predicted molar refractivity (Wildman–Crippen MR) is 98.6 cm³/mol. The minimum atomic E-state index is -1.16. The molecule has 3 rings (SSSR count). The number of hydrogen-bond acceptors (Lipinski definition) is 4. The average molecular weight is 374 g/mol. The molecule has 1 unspecified atom stereocenters. The van der Waals surface area contributed by atoms with E-state index in [-0.39, 0.29) is 6.10 Å². The molecule has 1 atom stereocenters. The Morgan fingerprint density at radius 3 is 2.74 bits per heavy atom. The summed E-state index contributed by atoms with van der Waals surface area (Å²) in [6, 6.07) is 5.78. The summed E-state index contributed by atoms with van der Waals surface area (Å²) in [4.78, 5) is 15.4. The molecule has 6 nitrogen and oxygen atoms in total. The summed E-state index contributed by atoms with van der Waals surface area (Å²) < 4.78 is 26.2. The molecule has 0 saturated heterocycles. The number of halogens is 1. The number of rotatable bonds is 4. The van der Waals surface area contributed by atoms with Crippen molar-refractivity contribution >= 4 is 6.09 Å². The lowest BCUT2D eigenvalue weighted by Gasteiger charge is -2.39. The lowest BCUT2D eigenvalue weighted by Crippen LogP contribution is -2.43. The molecule has 1 aromatic carbocycles. The third kappa shape index (κ3) is 3.97. The molecule has 1 aliphatic rings. The van der Waals surface area contributed by atoms with Gasteiger partial charge in [0.05, 0.1) is 18.8 Å². The van der Waals surface area contributed by atoms with Crippen molar-refractivity contribution in [3.8, 4) is 22.8 Å². The molecule has 0 fully saturated rings. The number of carbonyl (C=O) groups is 1. The number of ether oxygens (including phenoxy) is 2. The SMILES string of the molecule is CC(C)Oc1ccc(-c2cc3c(cc2F)C(NC(=O)O)C(C)(C)CO3)cn1. The van der Waals surface area contributed by atoms with Crippen LogP contribution in [0.3, 0.4) is 0 Å². The maximum atomic E-state index is 14.8. The summed E-state index contributed by atoms with van der Waals surface area (Å²) in [5.41, 5.74) is 0.910. The zero-order valence-corrected chi connectivity index (χ0v) is 15.7. The third-order valence-corrected chi connectivity index (χ3v) is 4.46. The largest absolute Gasteiger partial charge is 0.493 e. The zero-order chi connectivity index (χ0) is 19.8. The first-order chi connectivity index (χ1) is 12.7. The molecule has 1 amide bonds. The van der Waals surface area contributed by atoms with Crippen LogP contribution in [0.4, 0.5) is 9.18 Å². The van der Waals surface area contributed by atoms with Crippen LogP contribution in [0.2, 0.25) is 0 Å². The van der Waals surface area contributed by atoms with Crippen LogP contribution in [-0.4, -0.2) is 28.9 Å². The first-order valence-corrected chi connectivity index (χ1v) is 8.76. The number of pyridine rings is 1. The summed E-state index contributed by atoms with van der Waals surface area (Å²) in [6.07, 6.45) is 0.386. The quantitative estimate of drug-likeness (QED) is 0.829. The van der Waals surface area contributed by atoms with E-state index in [1.165, 1.54) is 6.07 Å². The van der Waals surface area contributed by atoms with E-state index in [0.717, 1.165) is 0 Å². The molecule has 0 radical (unpaired) electrons. The number of nitrogens with one attached hydrogen (secondary N) is 1. The van der Waals surface area contributed by atoms with Gasteiger partial charge in [-0.15, -0.1) is 0 Å². The molecule has 0 saturated carbocycles. The molecule has 7 heteroatoms. The van der Waals surface area contributed by atoms with Crippen molar-refractivity contribution in [2.45, 2.75) is 39.8 Å². The molecule has 0 bridgehead atoms. The van der Waals surface area contributed by atoms with Crippen molar-refractivity contribution < 1.29 is 23.8 Å². The van der Waals surface area contributed by atoms with Gasteiger partial charge in [0.2, 0.25) is 5.88 Å². The topological polar surface area (TPSA) is 80.7 Å². The molecule has 0 spiro atoms. The fourth-order valence-electron chi connectivity index (χ4n) is 3.16. The number of amides is 1. The molecule has 2 heterocycles. The van der Waals surface area contributed by atoms with Crippen LogP contribution in [0.25, 0.3) is 11.1 Å². The maximum absolute atomic E-state index is 14.8. The minimum absolute atomic E-state index is 0.000691. The highest BCUT2D eigenvalue weighted by Gasteiger charge is 2.39. The summed E-state index contributed by atoms with van der Waals surface area (Å²) >= 11 is 0. The smallest absolute Gasteiger partial charge is 0.405 e. The van der Waals surface area contributed by atoms with Gasteiger partial charge in [-0.05, 0) is 32.0 Å². The van der Waals surface area contributed by atoms with Crippen molar-refractivity contribution in [3.05, 3.63) is 41.8 Å². The van der Waals surface area contributed by atoms with Gasteiger partial charge in [0, 0.05) is 34.4 Å². The Morgan fingerprint density at radius 2 is 2.15 bits per heavy atom. The highest BCUT2D eigenvalue weighted by atomic mass is 19.1. The Balaban J connectivity index is 1.98. The standard InChI is InChI=1S/C20H23FN2O4/c1-11(2)27-17-6-5-12(9-22-17)13-8-16-14(7-15(13)21)18(23-19(24)25)20(3,4)10-26-16/h5-9,11,18,23H,10H2,1-4H3,(H,24,25). The molecule has 2 aromatic rings. The molecule has 1 aromatic heterocycles. The van der Waals surface area contributed by atoms with Gasteiger partial charge < -0.3 is 19.9 Å². The van der Waals surface area contributed by atoms with Gasteiger partial charge in [-0.2, -0.15) is 0 Å². The van der Waals surface area contributed by atoms with E-state index in [1.54, 1.807) is 24.4 Å². The van der Waals surface area contributed by atoms with Crippen molar-refractivity contribution in [1.82, 2.24) is 10.3 Å². The fraction of sp³-hybridized carbons (Fsp3) is 0.400. The second-order valence-corrected chi connectivity index (χ2v) is 7.58. The Labute approximate surface area is 157 Å². The average Bonchev–Trinajstić information content (AvgIpc) is 2.57. The number of nitrogens with zero attached hydrogens (tertiary/aromatic N) is 1. The van der Waals surface area contributed by atoms with Crippen LogP contribution in [0.5, 0.6) is 11.6 Å². The van der Waals surface area contributed by atoms with E-state index in [4.69, 9.17) is 14.6 Å². The molecule has 144 valence electrons. The van der Waals surface area contributed by atoms with Crippen LogP contribution < -0.4 is 14.8 Å². The molecule has 27 heavy (non-hydrogen) atoms. The third-order valence-electron chi connectivity index (χ3n) is 4.46. The lowest BCUT2D eigenvalue weighted by molar-refractivity contribution is 0.0992. The molecular weight excluding hydrogens is 351 g/mol. The van der Waals surface area contributed by atoms with Gasteiger partial charge in [0.15, 0.2) is 0 Å². The van der Waals surface area contributed by atoms with E-state index in [2.05, 4.69) is 10.3 Å². The second-order valence-electron chi connectivity index (χ2n) is 7.58. The first kappa shape index (κ1) is 18.9. The van der Waals surface area contributed by atoms with Crippen molar-refractivity contribution in [1.29, 1.82) is 0 Å². The van der Waals surface area contributed by atoms with Crippen molar-refractivity contribution in [2.24, 2.45) is 5.41 Å². The molecule has 1 aliphatic heterocycles. The van der Waals surface area contributed by atoms with E-state index in [1.807, 2.05) is 27.7 Å². The van der Waals surface area contributed by atoms with Crippen LogP contribution in [0.15, 0.2) is 30.5 Å². The summed E-state index contributed by atoms with van der Waals surface area (Å²) in [5.74, 6) is 0.467. The van der Waals surface area contributed by atoms with E-state index in [0.29, 0.717) is 34.9 Å². The highest BCUT2D eigenvalue weighted by molar-refractivity contribution is 5.69.